The van der Waals surface area contributed by atoms with Crippen LogP contribution in [0.5, 0.6) is 0 Å². The van der Waals surface area contributed by atoms with E-state index in [2.05, 4.69) is 121 Å². The number of hydrogen-bond acceptors (Lipinski definition) is 5. The fourth-order valence-corrected chi connectivity index (χ4v) is 35.1. The van der Waals surface area contributed by atoms with Gasteiger partial charge >= 0.3 is 29.8 Å². The van der Waals surface area contributed by atoms with Crippen LogP contribution in [0.3, 0.4) is 0 Å². The first-order valence-electron chi connectivity index (χ1n) is 46.6. The smallest absolute Gasteiger partial charge is 0.335 e. The maximum absolute atomic E-state index is 12.8. The van der Waals surface area contributed by atoms with Gasteiger partial charge in [-0.2, -0.15) is 11.1 Å². The van der Waals surface area contributed by atoms with E-state index >= 15 is 0 Å². The van der Waals surface area contributed by atoms with Crippen LogP contribution in [0, 0.1) is 0 Å². The number of benzene rings is 25. The lowest BCUT2D eigenvalue weighted by Gasteiger charge is -2.61. The van der Waals surface area contributed by atoms with Crippen LogP contribution in [0.2, 0.25) is 0 Å². The van der Waals surface area contributed by atoms with Gasteiger partial charge in [0.1, 0.15) is 0 Å². The Bertz CT molecular complexity index is 9730. The van der Waals surface area contributed by atoms with E-state index < -0.39 is 56.9 Å². The zero-order valence-electron chi connectivity index (χ0n) is 69.9. The molecule has 0 radical (unpaired) electrons. The largest absolute Gasteiger partial charge is 0.478 e. The molecule has 606 valence electrons. The van der Waals surface area contributed by atoms with Crippen LogP contribution in [0.1, 0.15) is 163 Å². The highest BCUT2D eigenvalue weighted by Gasteiger charge is 2.76. The number of hydrogen-bond donors (Lipinski definition) is 5. The lowest BCUT2D eigenvalue weighted by Crippen LogP contribution is -2.51. The molecule has 0 aromatic heterocycles. The summed E-state index contributed by atoms with van der Waals surface area (Å²) in [4.78, 5) is 64.0. The molecule has 32 aromatic carbocycles. The van der Waals surface area contributed by atoms with Crippen LogP contribution in [-0.2, 0) is 27.1 Å². The molecule has 5 N–H and O–H groups in total. The van der Waals surface area contributed by atoms with Gasteiger partial charge in [0.25, 0.3) is 0 Å². The Labute approximate surface area is 754 Å². The molecule has 0 atom stereocenters. The van der Waals surface area contributed by atoms with E-state index in [0.717, 1.165) is 55.6 Å². The summed E-state index contributed by atoms with van der Waals surface area (Å²) >= 11 is 0. The number of carboxylic acids is 5. The summed E-state index contributed by atoms with van der Waals surface area (Å²) in [6, 6.07) is 85.4. The first-order chi connectivity index (χ1) is 66.2. The van der Waals surface area contributed by atoms with Gasteiger partial charge in [0.15, 0.2) is 0 Å². The lowest BCUT2D eigenvalue weighted by atomic mass is 9.45. The van der Waals surface area contributed by atoms with Gasteiger partial charge in [-0.3, -0.25) is 0 Å². The molecule has 10 nitrogen and oxygen atoms in total. The van der Waals surface area contributed by atoms with E-state index in [0.29, 0.717) is 0 Å². The second-order valence-corrected chi connectivity index (χ2v) is 41.7. The molecule has 0 amide bonds. The SMILES string of the molecule is O=C(O)c1ccc(-c2ccc(C34c5c6c7[c-]8c5C5(c9ccc(-c%10ccc(C(=O)O)cc%10)cc9)c9c3c3c%10c4c4c%11c%12c(c%13c%14c%15c(c%16c%17c%18c(c5c5c9c9c3c3c%19c%10c%11c%10c%11c%12c%14c%12c%14c%15c%17c%15c%17c%18c5c5c9c3c3c(c%19%10)c(c%11%12)c(c%14%15)c3c5%17)C%168c3ccc(-c5ccc(C(=O)O)cc5)cc3)C%137c3ccc(-c5ccc(C(=O)O)cc5)cc3)C64c3ccc(-c4ccc(C(=O)O)cc4)cc3)cc2)cc1. The van der Waals surface area contributed by atoms with Crippen molar-refractivity contribution in [2.24, 2.45) is 0 Å². The van der Waals surface area contributed by atoms with Crippen LogP contribution >= 0.6 is 0 Å². The van der Waals surface area contributed by atoms with E-state index in [1.807, 2.05) is 60.7 Å². The molecule has 10 aliphatic rings. The molecule has 10 aliphatic carbocycles. The molecule has 0 bridgehead atoms. The predicted octanol–water partition coefficient (Wildman–Crippen LogP) is 27.9. The Morgan fingerprint density at radius 1 is 0.148 bits per heavy atom. The standard InChI is InChI=1S/C125H45O10/c126-116(127)51-11-1-41(2-12-51)46-21-31-56(32-22-46)121-101-91-81-71-66-61-62-64-65-63(61)68-75-73(66)83(81)93-95-85(75)87-77(68)79-70(65)80-78-69(64)76-74-67(62)72(71)82-84(74)94-96-86(76)88(78)98-100-90(80)89(79)99-97(87)107-105(95)122(103(93)101,57-33-23-47(24-34-57)42-3-13-52(14-4-42)117(128)129)112-111(121)113-115-114(112)124(107,59-37-27-49(28-38-59)44-7-17-54(18-8-44)119(132)133)109(99)110(100)125(115,60-39-29-50(30-40-60)45-9-19-55(20-10-45)120(134)135)108(98)106(96)123(113,104(94)102(121)92(82)91)58-35-25-48(26-36-58)43-5-15-53(16-6-43)118(130)131/h1-40H,(H,126,127)(H,128,129)(H,130,131)(H,132,133)(H,134,135)/q-1. The topological polar surface area (TPSA) is 186 Å². The van der Waals surface area contributed by atoms with Gasteiger partial charge in [0, 0.05) is 27.1 Å². The van der Waals surface area contributed by atoms with Crippen molar-refractivity contribution in [2.45, 2.75) is 27.1 Å². The van der Waals surface area contributed by atoms with Crippen LogP contribution in [0.25, 0.3) is 271 Å². The summed E-state index contributed by atoms with van der Waals surface area (Å²) < 4.78 is 0. The van der Waals surface area contributed by atoms with Gasteiger partial charge in [-0.25, -0.2) is 24.0 Å². The number of carbonyl (C=O) groups is 5. The first kappa shape index (κ1) is 64.2. The molecule has 0 aliphatic heterocycles. The summed E-state index contributed by atoms with van der Waals surface area (Å²) in [5.41, 5.74) is 31.3. The van der Waals surface area contributed by atoms with E-state index in [-0.39, 0.29) is 27.8 Å². The molecule has 32 aromatic rings. The summed E-state index contributed by atoms with van der Waals surface area (Å²) in [7, 11) is 0. The minimum atomic E-state index is -1.12. The highest BCUT2D eigenvalue weighted by molar-refractivity contribution is 6.77. The van der Waals surface area contributed by atoms with Crippen molar-refractivity contribution in [2.75, 3.05) is 0 Å². The van der Waals surface area contributed by atoms with Crippen molar-refractivity contribution in [3.63, 3.8) is 0 Å². The predicted molar refractivity (Wildman–Crippen MR) is 529 cm³/mol. The van der Waals surface area contributed by atoms with Gasteiger partial charge in [-0.05, 0) is 415 Å². The van der Waals surface area contributed by atoms with Crippen molar-refractivity contribution in [1.29, 1.82) is 0 Å². The molecular weight excluding hydrogens is 1660 g/mol. The van der Waals surface area contributed by atoms with E-state index in [1.54, 1.807) is 60.7 Å². The zero-order chi connectivity index (χ0) is 87.0. The van der Waals surface area contributed by atoms with E-state index in [4.69, 9.17) is 0 Å². The van der Waals surface area contributed by atoms with Crippen molar-refractivity contribution >= 4 is 245 Å². The first-order valence-corrected chi connectivity index (χ1v) is 46.6. The van der Waals surface area contributed by atoms with Crippen LogP contribution in [0.4, 0.5) is 0 Å². The van der Waals surface area contributed by atoms with Crippen molar-refractivity contribution in [1.82, 2.24) is 0 Å². The quantitative estimate of drug-likeness (QED) is 0.0488. The summed E-state index contributed by atoms with van der Waals surface area (Å²) in [6.07, 6.45) is 0. The summed E-state index contributed by atoms with van der Waals surface area (Å²) in [6.45, 7) is 0. The van der Waals surface area contributed by atoms with Crippen molar-refractivity contribution < 1.29 is 49.5 Å². The zero-order valence-corrected chi connectivity index (χ0v) is 69.9. The van der Waals surface area contributed by atoms with Gasteiger partial charge in [-0.1, -0.05) is 182 Å². The van der Waals surface area contributed by atoms with Gasteiger partial charge in [0.05, 0.1) is 27.8 Å². The molecule has 0 spiro atoms. The molecule has 0 fully saturated rings. The molecule has 0 saturated heterocycles. The van der Waals surface area contributed by atoms with Gasteiger partial charge in [-0.15, -0.1) is 16.7 Å². The fraction of sp³-hybridized carbons (Fsp3) is 0.0400. The second kappa shape index (κ2) is 18.1. The molecule has 10 heteroatoms. The van der Waals surface area contributed by atoms with E-state index in [9.17, 15) is 49.5 Å². The Balaban J connectivity index is 0.796. The number of rotatable bonds is 15. The summed E-state index contributed by atoms with van der Waals surface area (Å²) in [5.74, 6) is -4.90. The van der Waals surface area contributed by atoms with Gasteiger partial charge < -0.3 is 25.5 Å². The third-order valence-corrected chi connectivity index (χ3v) is 38.3. The Morgan fingerprint density at radius 3 is 0.459 bits per heavy atom. The minimum Gasteiger partial charge on any atom is -0.478 e. The van der Waals surface area contributed by atoms with E-state index in [1.165, 1.54) is 327 Å². The average molecular weight is 1710 g/mol. The molecule has 0 heterocycles. The molecule has 0 unspecified atom stereocenters. The van der Waals surface area contributed by atoms with Gasteiger partial charge in [0.2, 0.25) is 0 Å². The van der Waals surface area contributed by atoms with Crippen molar-refractivity contribution in [3.8, 4) is 55.6 Å². The normalized spacial score (nSPS) is 20.3. The molecule has 0 saturated carbocycles. The number of aromatic carboxylic acids is 5. The monoisotopic (exact) mass is 1710 g/mol. The third-order valence-electron chi connectivity index (χ3n) is 38.3. The van der Waals surface area contributed by atoms with Crippen LogP contribution in [0.15, 0.2) is 243 Å². The number of carboxylic acid groups (broad SMARTS) is 5. The maximum atomic E-state index is 12.8. The second-order valence-electron chi connectivity index (χ2n) is 41.7. The lowest BCUT2D eigenvalue weighted by molar-refractivity contribution is 0.0686. The third kappa shape index (κ3) is 5.18. The molecular formula is C125H45O10-. The fourth-order valence-electron chi connectivity index (χ4n) is 35.1. The Kier molecular flexibility index (Phi) is 8.62. The van der Waals surface area contributed by atoms with Crippen molar-refractivity contribution in [3.05, 3.63) is 382 Å². The highest BCUT2D eigenvalue weighted by atomic mass is 16.4. The highest BCUT2D eigenvalue weighted by Crippen LogP contribution is 2.91. The average Bonchev–Trinajstić information content (AvgIpc) is 1.37. The summed E-state index contributed by atoms with van der Waals surface area (Å²) in [5, 5.41) is 109. The molecule has 42 rings (SSSR count). The Hall–Kier alpha value is -17.6. The Morgan fingerprint density at radius 2 is 0.281 bits per heavy atom. The molecule has 135 heavy (non-hydrogen) atoms. The minimum absolute atomic E-state index is 0.220. The maximum Gasteiger partial charge on any atom is 0.335 e. The van der Waals surface area contributed by atoms with Crippen LogP contribution in [-0.4, -0.2) is 55.4 Å². The van der Waals surface area contributed by atoms with Crippen LogP contribution < -0.4 is 0 Å².